The molecule has 12 aromatic carbocycles. The molecule has 0 bridgehead atoms. The Bertz CT molecular complexity index is 4840. The van der Waals surface area contributed by atoms with E-state index in [1.165, 1.54) is 84.4 Å². The third-order valence-electron chi connectivity index (χ3n) is 19.7. The van der Waals surface area contributed by atoms with Gasteiger partial charge in [0.25, 0.3) is 6.71 Å². The first-order valence-corrected chi connectivity index (χ1v) is 32.1. The smallest absolute Gasteiger partial charge is 0.252 e. The van der Waals surface area contributed by atoms with E-state index in [2.05, 4.69) is 321 Å². The minimum absolute atomic E-state index is 0.0752. The molecule has 90 heavy (non-hydrogen) atoms. The van der Waals surface area contributed by atoms with Gasteiger partial charge < -0.3 is 14.4 Å². The molecule has 432 valence electrons. The van der Waals surface area contributed by atoms with Gasteiger partial charge in [0.1, 0.15) is 0 Å². The number of hydrogen-bond donors (Lipinski definition) is 0. The summed E-state index contributed by atoms with van der Waals surface area (Å²) >= 11 is 0. The zero-order valence-electron chi connectivity index (χ0n) is 51.7. The highest BCUT2D eigenvalue weighted by atomic mass is 15.2. The Morgan fingerprint density at radius 3 is 1.32 bits per heavy atom. The second kappa shape index (κ2) is 22.0. The number of rotatable bonds is 9. The molecule has 3 heterocycles. The molecular formula is C85H69BN4. The van der Waals surface area contributed by atoms with Gasteiger partial charge in [-0.3, -0.25) is 0 Å². The number of nitrogens with zero attached hydrogens (tertiary/aromatic N) is 4. The molecule has 1 aliphatic carbocycles. The van der Waals surface area contributed by atoms with Crippen LogP contribution in [-0.2, 0) is 5.41 Å². The van der Waals surface area contributed by atoms with Crippen molar-refractivity contribution in [3.8, 4) is 61.3 Å². The molecule has 5 heteroatoms. The molecule has 2 aliphatic heterocycles. The van der Waals surface area contributed by atoms with E-state index in [0.717, 1.165) is 79.7 Å². The van der Waals surface area contributed by atoms with E-state index < -0.39 is 0 Å². The molecule has 2 unspecified atom stereocenters. The molecule has 16 rings (SSSR count). The van der Waals surface area contributed by atoms with Gasteiger partial charge in [-0.1, -0.05) is 253 Å². The summed E-state index contributed by atoms with van der Waals surface area (Å²) in [5.41, 5.74) is 28.9. The van der Waals surface area contributed by atoms with Crippen molar-refractivity contribution in [3.05, 3.63) is 296 Å². The normalized spacial score (nSPS) is 16.0. The monoisotopic (exact) mass is 1160 g/mol. The number of benzene rings is 12. The first-order valence-electron chi connectivity index (χ1n) is 32.1. The number of anilines is 6. The van der Waals surface area contributed by atoms with Crippen LogP contribution in [0.4, 0.5) is 39.8 Å². The summed E-state index contributed by atoms with van der Waals surface area (Å²) in [6, 6.07) is 102. The summed E-state index contributed by atoms with van der Waals surface area (Å²) < 4.78 is 2.46. The van der Waals surface area contributed by atoms with Crippen LogP contribution >= 0.6 is 0 Å². The van der Waals surface area contributed by atoms with Crippen LogP contribution in [0.1, 0.15) is 70.9 Å². The highest BCUT2D eigenvalue weighted by Gasteiger charge is 2.46. The average molecular weight is 1160 g/mol. The fourth-order valence-corrected chi connectivity index (χ4v) is 15.7. The fraction of sp³-hybridized carbons (Fsp3) is 0.141. The van der Waals surface area contributed by atoms with Crippen LogP contribution in [-0.4, -0.2) is 11.3 Å². The highest BCUT2D eigenvalue weighted by Crippen LogP contribution is 2.55. The van der Waals surface area contributed by atoms with E-state index in [0.29, 0.717) is 23.4 Å². The number of fused-ring (bicyclic) bond motifs is 7. The predicted molar refractivity (Wildman–Crippen MR) is 382 cm³/mol. The van der Waals surface area contributed by atoms with E-state index in [1.807, 2.05) is 6.07 Å². The number of para-hydroxylation sites is 2. The molecular weight excluding hydrogens is 1090 g/mol. The molecule has 0 amide bonds. The van der Waals surface area contributed by atoms with Crippen molar-refractivity contribution < 1.29 is 0 Å². The second-order valence-electron chi connectivity index (χ2n) is 26.6. The zero-order valence-corrected chi connectivity index (χ0v) is 51.7. The van der Waals surface area contributed by atoms with Crippen LogP contribution in [0.5, 0.6) is 0 Å². The lowest BCUT2D eigenvalue weighted by atomic mass is 9.33. The van der Waals surface area contributed by atoms with Crippen molar-refractivity contribution >= 4 is 84.7 Å². The summed E-state index contributed by atoms with van der Waals surface area (Å²) in [4.78, 5) is 9.41. The topological polar surface area (TPSA) is 15.8 Å². The molecule has 0 N–H and O–H groups in total. The van der Waals surface area contributed by atoms with Gasteiger partial charge in [-0.05, 0) is 163 Å². The predicted octanol–water partition coefficient (Wildman–Crippen LogP) is 21.6. The van der Waals surface area contributed by atoms with Gasteiger partial charge in [-0.25, -0.2) is 4.85 Å². The minimum atomic E-state index is -0.175. The minimum Gasteiger partial charge on any atom is -0.310 e. The van der Waals surface area contributed by atoms with Crippen molar-refractivity contribution in [2.45, 2.75) is 65.2 Å². The van der Waals surface area contributed by atoms with Crippen molar-refractivity contribution in [1.29, 1.82) is 0 Å². The van der Waals surface area contributed by atoms with Gasteiger partial charge >= 0.3 is 0 Å². The SMILES string of the molecule is [C-]#[N+]c1ccc2c(c1)c1cc(C(C)(C)C)ccc1n2-c1ccc2c(c1)N(c1c(-c3ccccc3)cccc1-c1ccccc1)c1cc(C3CC(C)CC(C)C3)cc3c1B2c1ccc(-c2ccccc2)cc1N3c1c(-c2ccccc2)cccc1-c1ccccc1. The molecule has 13 aromatic rings. The van der Waals surface area contributed by atoms with Crippen molar-refractivity contribution in [3.63, 3.8) is 0 Å². The molecule has 0 saturated heterocycles. The van der Waals surface area contributed by atoms with E-state index in [9.17, 15) is 0 Å². The lowest BCUT2D eigenvalue weighted by Gasteiger charge is -2.46. The van der Waals surface area contributed by atoms with Gasteiger partial charge in [0.15, 0.2) is 5.69 Å². The number of aromatic nitrogens is 1. The first kappa shape index (κ1) is 54.9. The van der Waals surface area contributed by atoms with Gasteiger partial charge in [0.2, 0.25) is 0 Å². The largest absolute Gasteiger partial charge is 0.310 e. The van der Waals surface area contributed by atoms with Crippen LogP contribution in [0, 0.1) is 18.4 Å². The highest BCUT2D eigenvalue weighted by molar-refractivity contribution is 7.00. The number of hydrogen-bond acceptors (Lipinski definition) is 2. The van der Waals surface area contributed by atoms with Crippen LogP contribution in [0.3, 0.4) is 0 Å². The standard InChI is InChI=1S/C85H69BN4/c1-55-46-56(2)48-63(47-55)64-50-80-82-81(51-64)90(84-70(60-30-18-10-19-31-60)36-23-37-71(84)61-32-20-11-21-33-61)79-54-67(88-76-44-39-65(85(3,4)5)52-72(76)73-53-66(87-6)40-45-77(73)88)41-43-75(79)86(82)74-42-38-62(57-24-12-7-13-25-57)49-78(74)89(80)83-68(58-26-14-8-15-27-58)34-22-35-69(83)59-28-16-9-17-29-59/h7-45,49-56,63H,46-48H2,1-5H3. The van der Waals surface area contributed by atoms with Crippen molar-refractivity contribution in [2.24, 2.45) is 11.8 Å². The van der Waals surface area contributed by atoms with Crippen LogP contribution < -0.4 is 26.2 Å². The van der Waals surface area contributed by atoms with E-state index in [-0.39, 0.29) is 12.1 Å². The molecule has 1 fully saturated rings. The van der Waals surface area contributed by atoms with Crippen molar-refractivity contribution in [1.82, 2.24) is 4.57 Å². The summed E-state index contributed by atoms with van der Waals surface area (Å²) in [7, 11) is 0. The van der Waals surface area contributed by atoms with Gasteiger partial charge in [0, 0.05) is 56.1 Å². The van der Waals surface area contributed by atoms with Gasteiger partial charge in [0.05, 0.1) is 29.0 Å². The summed E-state index contributed by atoms with van der Waals surface area (Å²) in [5.74, 6) is 1.48. The Labute approximate surface area is 529 Å². The molecule has 2 atom stereocenters. The van der Waals surface area contributed by atoms with Crippen molar-refractivity contribution in [2.75, 3.05) is 9.80 Å². The van der Waals surface area contributed by atoms with E-state index >= 15 is 0 Å². The molecule has 3 aliphatic rings. The molecule has 0 spiro atoms. The Morgan fingerprint density at radius 2 is 0.844 bits per heavy atom. The second-order valence-corrected chi connectivity index (χ2v) is 26.6. The molecule has 0 radical (unpaired) electrons. The molecule has 1 saturated carbocycles. The average Bonchev–Trinajstić information content (AvgIpc) is 1.10. The Balaban J connectivity index is 1.08. The van der Waals surface area contributed by atoms with Crippen LogP contribution in [0.25, 0.3) is 88.0 Å². The maximum atomic E-state index is 8.20. The third-order valence-corrected chi connectivity index (χ3v) is 19.7. The zero-order chi connectivity index (χ0) is 60.8. The Kier molecular flexibility index (Phi) is 13.4. The third kappa shape index (κ3) is 9.27. The molecule has 4 nitrogen and oxygen atoms in total. The van der Waals surface area contributed by atoms with E-state index in [1.54, 1.807) is 0 Å². The van der Waals surface area contributed by atoms with Crippen LogP contribution in [0.2, 0.25) is 0 Å². The first-order chi connectivity index (χ1) is 44.1. The Hall–Kier alpha value is -10.4. The lowest BCUT2D eigenvalue weighted by Crippen LogP contribution is -2.61. The molecule has 1 aromatic heterocycles. The van der Waals surface area contributed by atoms with E-state index in [4.69, 9.17) is 6.57 Å². The Morgan fingerprint density at radius 1 is 0.400 bits per heavy atom. The fourth-order valence-electron chi connectivity index (χ4n) is 15.7. The maximum Gasteiger partial charge on any atom is 0.252 e. The van der Waals surface area contributed by atoms with Crippen LogP contribution in [0.15, 0.2) is 273 Å². The quantitative estimate of drug-likeness (QED) is 0.106. The van der Waals surface area contributed by atoms with Gasteiger partial charge in [-0.15, -0.1) is 0 Å². The summed E-state index contributed by atoms with van der Waals surface area (Å²) in [5, 5.41) is 2.23. The lowest BCUT2D eigenvalue weighted by molar-refractivity contribution is 0.268. The summed E-state index contributed by atoms with van der Waals surface area (Å²) in [6.07, 6.45) is 3.47. The maximum absolute atomic E-state index is 8.20. The van der Waals surface area contributed by atoms with Gasteiger partial charge in [-0.2, -0.15) is 0 Å². The summed E-state index contributed by atoms with van der Waals surface area (Å²) in [6.45, 7) is 19.8.